The molecule has 0 saturated carbocycles. The van der Waals surface area contributed by atoms with Gasteiger partial charge in [0.05, 0.1) is 5.69 Å². The second-order valence-electron chi connectivity index (χ2n) is 3.65. The zero-order chi connectivity index (χ0) is 11.4. The second-order valence-corrected chi connectivity index (χ2v) is 3.65. The van der Waals surface area contributed by atoms with Gasteiger partial charge in [0.25, 0.3) is 0 Å². The molecule has 0 amide bonds. The van der Waals surface area contributed by atoms with Crippen LogP contribution >= 0.6 is 12.4 Å². The first kappa shape index (κ1) is 13.3. The van der Waals surface area contributed by atoms with Gasteiger partial charge in [0.1, 0.15) is 5.84 Å². The van der Waals surface area contributed by atoms with Crippen LogP contribution in [0.3, 0.4) is 0 Å². The van der Waals surface area contributed by atoms with Crippen molar-refractivity contribution in [3.63, 3.8) is 0 Å². The Bertz CT molecular complexity index is 507. The van der Waals surface area contributed by atoms with Gasteiger partial charge >= 0.3 is 0 Å². The van der Waals surface area contributed by atoms with E-state index in [9.17, 15) is 0 Å². The van der Waals surface area contributed by atoms with Gasteiger partial charge in [-0.1, -0.05) is 48.5 Å². The second kappa shape index (κ2) is 6.06. The standard InChI is InChI=1S/C14H14N2.ClH/c1-11-7-5-6-10-13(11)16-14(15)12-8-3-2-4-9-12;/h2-10H,1H3,(H2,15,16);1H. The van der Waals surface area contributed by atoms with E-state index in [2.05, 4.69) is 4.99 Å². The number of rotatable bonds is 2. The number of amidine groups is 1. The molecule has 0 aliphatic heterocycles. The number of nitrogens with zero attached hydrogens (tertiary/aromatic N) is 1. The summed E-state index contributed by atoms with van der Waals surface area (Å²) in [6, 6.07) is 17.7. The van der Waals surface area contributed by atoms with Crippen LogP contribution in [0.4, 0.5) is 5.69 Å². The van der Waals surface area contributed by atoms with Crippen molar-refractivity contribution >= 4 is 23.9 Å². The van der Waals surface area contributed by atoms with Gasteiger partial charge in [0.2, 0.25) is 0 Å². The molecule has 0 aliphatic rings. The molecule has 0 unspecified atom stereocenters. The van der Waals surface area contributed by atoms with Crippen molar-refractivity contribution in [3.8, 4) is 0 Å². The molecule has 0 atom stereocenters. The van der Waals surface area contributed by atoms with Gasteiger partial charge in [-0.15, -0.1) is 12.4 Å². The minimum atomic E-state index is 0. The Labute approximate surface area is 108 Å². The van der Waals surface area contributed by atoms with Crippen LogP contribution in [0.5, 0.6) is 0 Å². The molecule has 2 aromatic rings. The number of aliphatic imine (C=N–C) groups is 1. The van der Waals surface area contributed by atoms with Crippen molar-refractivity contribution in [1.82, 2.24) is 0 Å². The molecule has 2 nitrogen and oxygen atoms in total. The van der Waals surface area contributed by atoms with E-state index in [1.807, 2.05) is 61.5 Å². The number of nitrogens with two attached hydrogens (primary N) is 1. The van der Waals surface area contributed by atoms with E-state index in [-0.39, 0.29) is 12.4 Å². The molecule has 0 spiro atoms. The fourth-order valence-corrected chi connectivity index (χ4v) is 1.49. The molecule has 2 N–H and O–H groups in total. The topological polar surface area (TPSA) is 38.4 Å². The predicted molar refractivity (Wildman–Crippen MR) is 75.3 cm³/mol. The Balaban J connectivity index is 0.00000144. The van der Waals surface area contributed by atoms with Gasteiger partial charge in [0.15, 0.2) is 0 Å². The molecule has 0 heterocycles. The van der Waals surface area contributed by atoms with Crippen molar-refractivity contribution in [2.75, 3.05) is 0 Å². The van der Waals surface area contributed by atoms with E-state index in [0.717, 1.165) is 16.8 Å². The molecule has 0 fully saturated rings. The summed E-state index contributed by atoms with van der Waals surface area (Å²) in [5.74, 6) is 0.551. The van der Waals surface area contributed by atoms with Crippen LogP contribution in [0, 0.1) is 6.92 Å². The lowest BCUT2D eigenvalue weighted by Crippen LogP contribution is -2.12. The summed E-state index contributed by atoms with van der Waals surface area (Å²) in [5.41, 5.74) is 8.94. The van der Waals surface area contributed by atoms with E-state index in [1.165, 1.54) is 0 Å². The Kier molecular flexibility index (Phi) is 4.73. The van der Waals surface area contributed by atoms with Crippen molar-refractivity contribution in [1.29, 1.82) is 0 Å². The van der Waals surface area contributed by atoms with E-state index >= 15 is 0 Å². The number of para-hydroxylation sites is 1. The maximum absolute atomic E-state index is 5.95. The Morgan fingerprint density at radius 2 is 1.53 bits per heavy atom. The van der Waals surface area contributed by atoms with Crippen LogP contribution in [0.15, 0.2) is 59.6 Å². The first-order chi connectivity index (χ1) is 7.77. The van der Waals surface area contributed by atoms with Crippen LogP contribution in [0.1, 0.15) is 11.1 Å². The lowest BCUT2D eigenvalue weighted by atomic mass is 10.2. The highest BCUT2D eigenvalue weighted by atomic mass is 35.5. The minimum absolute atomic E-state index is 0. The van der Waals surface area contributed by atoms with Crippen molar-refractivity contribution in [2.45, 2.75) is 6.92 Å². The summed E-state index contributed by atoms with van der Waals surface area (Å²) in [6.45, 7) is 2.02. The molecule has 17 heavy (non-hydrogen) atoms. The fourth-order valence-electron chi connectivity index (χ4n) is 1.49. The minimum Gasteiger partial charge on any atom is -0.383 e. The fraction of sp³-hybridized carbons (Fsp3) is 0.0714. The molecule has 2 aromatic carbocycles. The van der Waals surface area contributed by atoms with Crippen LogP contribution in [0.2, 0.25) is 0 Å². The van der Waals surface area contributed by atoms with Crippen LogP contribution in [0.25, 0.3) is 0 Å². The highest BCUT2D eigenvalue weighted by molar-refractivity contribution is 5.99. The number of halogens is 1. The molecular formula is C14H15ClN2. The third-order valence-corrected chi connectivity index (χ3v) is 2.43. The van der Waals surface area contributed by atoms with Gasteiger partial charge in [0, 0.05) is 5.56 Å². The quantitative estimate of drug-likeness (QED) is 0.640. The van der Waals surface area contributed by atoms with E-state index in [0.29, 0.717) is 5.84 Å². The van der Waals surface area contributed by atoms with Crippen molar-refractivity contribution < 1.29 is 0 Å². The molecule has 0 saturated heterocycles. The van der Waals surface area contributed by atoms with E-state index in [4.69, 9.17) is 5.73 Å². The summed E-state index contributed by atoms with van der Waals surface area (Å²) in [7, 11) is 0. The summed E-state index contributed by atoms with van der Waals surface area (Å²) in [6.07, 6.45) is 0. The van der Waals surface area contributed by atoms with Gasteiger partial charge < -0.3 is 5.73 Å². The molecule has 0 bridgehead atoms. The summed E-state index contributed by atoms with van der Waals surface area (Å²) in [5, 5.41) is 0. The van der Waals surface area contributed by atoms with E-state index < -0.39 is 0 Å². The van der Waals surface area contributed by atoms with Crippen molar-refractivity contribution in [3.05, 3.63) is 65.7 Å². The lowest BCUT2D eigenvalue weighted by Gasteiger charge is -2.02. The number of hydrogen-bond acceptors (Lipinski definition) is 1. The highest BCUT2D eigenvalue weighted by Gasteiger charge is 1.98. The third-order valence-electron chi connectivity index (χ3n) is 2.43. The van der Waals surface area contributed by atoms with Crippen LogP contribution in [-0.2, 0) is 0 Å². The first-order valence-corrected chi connectivity index (χ1v) is 5.22. The summed E-state index contributed by atoms with van der Waals surface area (Å²) >= 11 is 0. The van der Waals surface area contributed by atoms with E-state index in [1.54, 1.807) is 0 Å². The Morgan fingerprint density at radius 1 is 0.941 bits per heavy atom. The number of benzene rings is 2. The normalized spacial score (nSPS) is 10.8. The SMILES string of the molecule is Cc1ccccc1N=C(N)c1ccccc1.Cl. The highest BCUT2D eigenvalue weighted by Crippen LogP contribution is 2.17. The average molecular weight is 247 g/mol. The van der Waals surface area contributed by atoms with Gasteiger partial charge in [-0.05, 0) is 18.6 Å². The number of aryl methyl sites for hydroxylation is 1. The monoisotopic (exact) mass is 246 g/mol. The summed E-state index contributed by atoms with van der Waals surface area (Å²) < 4.78 is 0. The zero-order valence-corrected chi connectivity index (χ0v) is 10.4. The first-order valence-electron chi connectivity index (χ1n) is 5.22. The largest absolute Gasteiger partial charge is 0.383 e. The number of hydrogen-bond donors (Lipinski definition) is 1. The molecule has 88 valence electrons. The van der Waals surface area contributed by atoms with Crippen LogP contribution < -0.4 is 5.73 Å². The maximum Gasteiger partial charge on any atom is 0.131 e. The molecule has 3 heteroatoms. The zero-order valence-electron chi connectivity index (χ0n) is 9.63. The molecular weight excluding hydrogens is 232 g/mol. The third kappa shape index (κ3) is 3.33. The smallest absolute Gasteiger partial charge is 0.131 e. The average Bonchev–Trinajstić information content (AvgIpc) is 2.33. The van der Waals surface area contributed by atoms with Gasteiger partial charge in [-0.2, -0.15) is 0 Å². The summed E-state index contributed by atoms with van der Waals surface area (Å²) in [4.78, 5) is 4.42. The van der Waals surface area contributed by atoms with Gasteiger partial charge in [-0.3, -0.25) is 0 Å². The Morgan fingerprint density at radius 3 is 2.18 bits per heavy atom. The molecule has 0 aliphatic carbocycles. The maximum atomic E-state index is 5.95. The van der Waals surface area contributed by atoms with Crippen LogP contribution in [-0.4, -0.2) is 5.84 Å². The van der Waals surface area contributed by atoms with Gasteiger partial charge in [-0.25, -0.2) is 4.99 Å². The van der Waals surface area contributed by atoms with Crippen molar-refractivity contribution in [2.24, 2.45) is 10.7 Å². The lowest BCUT2D eigenvalue weighted by molar-refractivity contribution is 1.38. The molecule has 0 aromatic heterocycles. The Hall–Kier alpha value is -1.80. The predicted octanol–water partition coefficient (Wildman–Crippen LogP) is 3.45. The molecule has 0 radical (unpaired) electrons. The molecule has 2 rings (SSSR count).